The molecular formula is C15H23N. The van der Waals surface area contributed by atoms with Crippen molar-refractivity contribution in [2.75, 3.05) is 0 Å². The van der Waals surface area contributed by atoms with Crippen LogP contribution in [-0.4, -0.2) is 6.04 Å². The molecule has 0 amide bonds. The van der Waals surface area contributed by atoms with Crippen LogP contribution in [0, 0.1) is 5.92 Å². The molecule has 1 aromatic carbocycles. The first kappa shape index (κ1) is 11.7. The minimum atomic E-state index is 0.301. The van der Waals surface area contributed by atoms with Crippen LogP contribution in [-0.2, 0) is 5.54 Å². The van der Waals surface area contributed by atoms with E-state index < -0.39 is 0 Å². The molecule has 0 spiro atoms. The molecule has 0 bridgehead atoms. The van der Waals surface area contributed by atoms with Crippen molar-refractivity contribution in [3.05, 3.63) is 35.9 Å². The Morgan fingerprint density at radius 3 is 2.25 bits per heavy atom. The second-order valence-corrected chi connectivity index (χ2v) is 5.62. The number of nitrogens with one attached hydrogen (secondary N) is 1. The first-order chi connectivity index (χ1) is 7.62. The quantitative estimate of drug-likeness (QED) is 0.793. The highest BCUT2D eigenvalue weighted by molar-refractivity contribution is 5.30. The van der Waals surface area contributed by atoms with Crippen molar-refractivity contribution < 1.29 is 0 Å². The van der Waals surface area contributed by atoms with E-state index in [1.54, 1.807) is 0 Å². The molecule has 1 aromatic rings. The first-order valence-electron chi connectivity index (χ1n) is 6.46. The van der Waals surface area contributed by atoms with Gasteiger partial charge in [0.05, 0.1) is 0 Å². The summed E-state index contributed by atoms with van der Waals surface area (Å²) in [6, 6.07) is 11.5. The maximum atomic E-state index is 3.81. The topological polar surface area (TPSA) is 12.0 Å². The summed E-state index contributed by atoms with van der Waals surface area (Å²) in [6.07, 6.45) is 3.84. The summed E-state index contributed by atoms with van der Waals surface area (Å²) in [5.41, 5.74) is 1.76. The van der Waals surface area contributed by atoms with Crippen LogP contribution < -0.4 is 5.32 Å². The summed E-state index contributed by atoms with van der Waals surface area (Å²) in [5, 5.41) is 3.81. The van der Waals surface area contributed by atoms with Crippen LogP contribution >= 0.6 is 0 Å². The van der Waals surface area contributed by atoms with E-state index >= 15 is 0 Å². The molecule has 1 fully saturated rings. The molecule has 1 heteroatoms. The summed E-state index contributed by atoms with van der Waals surface area (Å²) in [7, 11) is 0. The van der Waals surface area contributed by atoms with Crippen LogP contribution in [0.3, 0.4) is 0 Å². The minimum absolute atomic E-state index is 0.301. The molecule has 0 heterocycles. The zero-order valence-corrected chi connectivity index (χ0v) is 10.7. The summed E-state index contributed by atoms with van der Waals surface area (Å²) in [5.74, 6) is 0.772. The SMILES string of the molecule is CC(C)CC(C)NC1(c2ccccc2)CC1. The van der Waals surface area contributed by atoms with E-state index in [4.69, 9.17) is 0 Å². The fourth-order valence-electron chi connectivity index (χ4n) is 2.64. The van der Waals surface area contributed by atoms with Gasteiger partial charge in [0.15, 0.2) is 0 Å². The van der Waals surface area contributed by atoms with Crippen LogP contribution in [0.5, 0.6) is 0 Å². The summed E-state index contributed by atoms with van der Waals surface area (Å²) in [4.78, 5) is 0. The van der Waals surface area contributed by atoms with Gasteiger partial charge in [0, 0.05) is 11.6 Å². The Hall–Kier alpha value is -0.820. The Morgan fingerprint density at radius 1 is 1.12 bits per heavy atom. The molecule has 16 heavy (non-hydrogen) atoms. The molecule has 1 saturated carbocycles. The molecular weight excluding hydrogens is 194 g/mol. The highest BCUT2D eigenvalue weighted by atomic mass is 15.0. The van der Waals surface area contributed by atoms with E-state index in [-0.39, 0.29) is 0 Å². The molecule has 0 aromatic heterocycles. The summed E-state index contributed by atoms with van der Waals surface area (Å²) < 4.78 is 0. The molecule has 88 valence electrons. The van der Waals surface area contributed by atoms with E-state index in [9.17, 15) is 0 Å². The molecule has 0 saturated heterocycles. The second kappa shape index (κ2) is 4.58. The fraction of sp³-hybridized carbons (Fsp3) is 0.600. The molecule has 2 rings (SSSR count). The van der Waals surface area contributed by atoms with Crippen LogP contribution in [0.2, 0.25) is 0 Å². The fourth-order valence-corrected chi connectivity index (χ4v) is 2.64. The molecule has 1 nitrogen and oxygen atoms in total. The predicted molar refractivity (Wildman–Crippen MR) is 69.4 cm³/mol. The average molecular weight is 217 g/mol. The maximum Gasteiger partial charge on any atom is 0.0438 e. The van der Waals surface area contributed by atoms with Gasteiger partial charge in [-0.25, -0.2) is 0 Å². The Bertz CT molecular complexity index is 325. The van der Waals surface area contributed by atoms with Crippen LogP contribution in [0.4, 0.5) is 0 Å². The van der Waals surface area contributed by atoms with Crippen molar-refractivity contribution in [1.82, 2.24) is 5.32 Å². The van der Waals surface area contributed by atoms with E-state index in [0.717, 1.165) is 5.92 Å². The predicted octanol–water partition coefficient (Wildman–Crippen LogP) is 3.70. The third-order valence-electron chi connectivity index (χ3n) is 3.42. The van der Waals surface area contributed by atoms with Crippen molar-refractivity contribution in [2.45, 2.75) is 51.6 Å². The van der Waals surface area contributed by atoms with Gasteiger partial charge < -0.3 is 5.32 Å². The number of benzene rings is 1. The Labute approximate surface area is 99.3 Å². The Balaban J connectivity index is 1.99. The van der Waals surface area contributed by atoms with Gasteiger partial charge >= 0.3 is 0 Å². The van der Waals surface area contributed by atoms with E-state index in [2.05, 4.69) is 56.4 Å². The van der Waals surface area contributed by atoms with Crippen molar-refractivity contribution in [3.63, 3.8) is 0 Å². The Kier molecular flexibility index (Phi) is 3.34. The van der Waals surface area contributed by atoms with E-state index in [1.807, 2.05) is 0 Å². The monoisotopic (exact) mass is 217 g/mol. The van der Waals surface area contributed by atoms with Crippen molar-refractivity contribution in [2.24, 2.45) is 5.92 Å². The number of rotatable bonds is 5. The van der Waals surface area contributed by atoms with Crippen LogP contribution in [0.25, 0.3) is 0 Å². The molecule has 1 aliphatic rings. The molecule has 1 N–H and O–H groups in total. The number of hydrogen-bond acceptors (Lipinski definition) is 1. The lowest BCUT2D eigenvalue weighted by Gasteiger charge is -2.24. The van der Waals surface area contributed by atoms with Gasteiger partial charge in [0.2, 0.25) is 0 Å². The molecule has 1 unspecified atom stereocenters. The number of hydrogen-bond donors (Lipinski definition) is 1. The van der Waals surface area contributed by atoms with Gasteiger partial charge in [0.25, 0.3) is 0 Å². The Morgan fingerprint density at radius 2 is 1.75 bits per heavy atom. The van der Waals surface area contributed by atoms with Gasteiger partial charge in [-0.1, -0.05) is 44.2 Å². The highest BCUT2D eigenvalue weighted by Crippen LogP contribution is 2.45. The van der Waals surface area contributed by atoms with E-state index in [1.165, 1.54) is 24.8 Å². The average Bonchev–Trinajstić information content (AvgIpc) is 2.99. The molecule has 0 aliphatic heterocycles. The zero-order valence-electron chi connectivity index (χ0n) is 10.7. The van der Waals surface area contributed by atoms with Gasteiger partial charge in [-0.3, -0.25) is 0 Å². The van der Waals surface area contributed by atoms with Gasteiger partial charge in [0.1, 0.15) is 0 Å². The molecule has 1 atom stereocenters. The van der Waals surface area contributed by atoms with Crippen LogP contribution in [0.1, 0.15) is 45.6 Å². The van der Waals surface area contributed by atoms with Gasteiger partial charge in [-0.05, 0) is 37.7 Å². The second-order valence-electron chi connectivity index (χ2n) is 5.62. The van der Waals surface area contributed by atoms with Gasteiger partial charge in [-0.15, -0.1) is 0 Å². The summed E-state index contributed by atoms with van der Waals surface area (Å²) in [6.45, 7) is 6.89. The van der Waals surface area contributed by atoms with E-state index in [0.29, 0.717) is 11.6 Å². The standard InChI is InChI=1S/C15H23N/c1-12(2)11-13(3)16-15(9-10-15)14-7-5-4-6-8-14/h4-8,12-13,16H,9-11H2,1-3H3. The summed E-state index contributed by atoms with van der Waals surface area (Å²) >= 11 is 0. The normalized spacial score (nSPS) is 19.8. The highest BCUT2D eigenvalue weighted by Gasteiger charge is 2.44. The van der Waals surface area contributed by atoms with Crippen LogP contribution in [0.15, 0.2) is 30.3 Å². The lowest BCUT2D eigenvalue weighted by Crippen LogP contribution is -2.37. The lowest BCUT2D eigenvalue weighted by molar-refractivity contribution is 0.382. The minimum Gasteiger partial charge on any atom is -0.305 e. The van der Waals surface area contributed by atoms with Crippen molar-refractivity contribution >= 4 is 0 Å². The first-order valence-corrected chi connectivity index (χ1v) is 6.46. The zero-order chi connectivity index (χ0) is 11.6. The smallest absolute Gasteiger partial charge is 0.0438 e. The molecule has 1 aliphatic carbocycles. The third kappa shape index (κ3) is 2.65. The molecule has 0 radical (unpaired) electrons. The van der Waals surface area contributed by atoms with Crippen molar-refractivity contribution in [1.29, 1.82) is 0 Å². The lowest BCUT2D eigenvalue weighted by atomic mass is 10.0. The van der Waals surface area contributed by atoms with Gasteiger partial charge in [-0.2, -0.15) is 0 Å². The van der Waals surface area contributed by atoms with Crippen molar-refractivity contribution in [3.8, 4) is 0 Å². The largest absolute Gasteiger partial charge is 0.305 e. The third-order valence-corrected chi connectivity index (χ3v) is 3.42. The maximum absolute atomic E-state index is 3.81.